The van der Waals surface area contributed by atoms with Gasteiger partial charge in [-0.2, -0.15) is 5.10 Å². The van der Waals surface area contributed by atoms with Gasteiger partial charge < -0.3 is 4.74 Å². The first-order valence-corrected chi connectivity index (χ1v) is 13.3. The summed E-state index contributed by atoms with van der Waals surface area (Å²) in [6, 6.07) is 16.7. The number of nitrogens with zero attached hydrogens (tertiary/aromatic N) is 4. The fourth-order valence-corrected chi connectivity index (χ4v) is 5.26. The van der Waals surface area contributed by atoms with Crippen molar-refractivity contribution in [2.75, 3.05) is 0 Å². The monoisotopic (exact) mass is 551 g/mol. The number of rotatable bonds is 8. The predicted octanol–water partition coefficient (Wildman–Crippen LogP) is 6.04. The Labute approximate surface area is 227 Å². The first-order chi connectivity index (χ1) is 17.9. The molecule has 5 aromatic rings. The lowest BCUT2D eigenvalue weighted by molar-refractivity contribution is 0.308. The van der Waals surface area contributed by atoms with Gasteiger partial charge in [-0.3, -0.25) is 9.67 Å². The highest BCUT2D eigenvalue weighted by molar-refractivity contribution is 7.83. The first-order valence-electron chi connectivity index (χ1n) is 11.4. The van der Waals surface area contributed by atoms with E-state index < -0.39 is 11.0 Å². The van der Waals surface area contributed by atoms with E-state index in [-0.39, 0.29) is 6.61 Å². The van der Waals surface area contributed by atoms with Crippen LogP contribution in [0.5, 0.6) is 5.75 Å². The molecule has 1 N–H and O–H groups in total. The zero-order valence-electron chi connectivity index (χ0n) is 20.1. The molecule has 1 unspecified atom stereocenters. The molecule has 5 rings (SSSR count). The molecule has 3 heterocycles. The van der Waals surface area contributed by atoms with Crippen LogP contribution in [0.3, 0.4) is 0 Å². The molecule has 37 heavy (non-hydrogen) atoms. The van der Waals surface area contributed by atoms with E-state index in [9.17, 15) is 4.21 Å². The van der Waals surface area contributed by atoms with Crippen LogP contribution < -0.4 is 9.46 Å². The van der Waals surface area contributed by atoms with Crippen LogP contribution in [-0.2, 0) is 31.2 Å². The second kappa shape index (κ2) is 11.0. The summed E-state index contributed by atoms with van der Waals surface area (Å²) in [7, 11) is 0.490. The van der Waals surface area contributed by atoms with Crippen LogP contribution in [0.25, 0.3) is 22.2 Å². The number of aromatic nitrogens is 4. The van der Waals surface area contributed by atoms with Gasteiger partial charge in [0.05, 0.1) is 15.6 Å². The molecule has 0 amide bonds. The van der Waals surface area contributed by atoms with E-state index in [1.54, 1.807) is 42.9 Å². The molecule has 7 nitrogen and oxygen atoms in total. The number of fused-ring (bicyclic) bond motifs is 1. The molecule has 0 aliphatic heterocycles. The Bertz CT molecular complexity index is 1610. The third-order valence-electron chi connectivity index (χ3n) is 5.92. The van der Waals surface area contributed by atoms with Gasteiger partial charge in [-0.05, 0) is 55.0 Å². The van der Waals surface area contributed by atoms with Gasteiger partial charge in [0.1, 0.15) is 28.9 Å². The molecule has 0 saturated heterocycles. The first kappa shape index (κ1) is 25.4. The van der Waals surface area contributed by atoms with Gasteiger partial charge in [-0.1, -0.05) is 35.3 Å². The number of halogens is 2. The highest BCUT2D eigenvalue weighted by Gasteiger charge is 2.15. The molecule has 1 atom stereocenters. The minimum Gasteiger partial charge on any atom is -0.487 e. The summed E-state index contributed by atoms with van der Waals surface area (Å²) < 4.78 is 23.8. The number of benzene rings is 2. The average molecular weight is 552 g/mol. The lowest BCUT2D eigenvalue weighted by Crippen LogP contribution is -2.18. The number of hydrogen-bond acceptors (Lipinski definition) is 5. The Hall–Kier alpha value is -3.30. The maximum Gasteiger partial charge on any atom is 0.146 e. The molecular formula is C27H23Cl2N5O2S. The molecule has 0 spiro atoms. The van der Waals surface area contributed by atoms with E-state index in [2.05, 4.69) is 14.8 Å². The lowest BCUT2D eigenvalue weighted by Gasteiger charge is -2.15. The Morgan fingerprint density at radius 3 is 2.65 bits per heavy atom. The summed E-state index contributed by atoms with van der Waals surface area (Å²) in [5.74, 6) is 0.640. The van der Waals surface area contributed by atoms with Crippen LogP contribution in [-0.4, -0.2) is 24.0 Å². The molecule has 10 heteroatoms. The number of pyridine rings is 2. The van der Waals surface area contributed by atoms with Crippen LogP contribution in [0, 0.1) is 6.92 Å². The van der Waals surface area contributed by atoms with Gasteiger partial charge in [-0.25, -0.2) is 13.9 Å². The molecule has 0 saturated carbocycles. The highest BCUT2D eigenvalue weighted by Crippen LogP contribution is 2.33. The number of nitrogens with one attached hydrogen (secondary N) is 1. The standard InChI is InChI=1S/C27H23Cl2N5O2S/c1-17-12-22(25-10-11-31-34(25)2)21-4-3-5-26(27(21)33-17)36-16-23-18(13-30-15-24(23)29)14-32-37(35)20-8-6-19(28)7-9-20/h3-13,15,32H,14,16H2,1-2H3. The van der Waals surface area contributed by atoms with Crippen molar-refractivity contribution in [1.29, 1.82) is 0 Å². The van der Waals surface area contributed by atoms with Crippen molar-refractivity contribution in [2.45, 2.75) is 25.0 Å². The van der Waals surface area contributed by atoms with Crippen molar-refractivity contribution in [2.24, 2.45) is 7.05 Å². The zero-order chi connectivity index (χ0) is 25.9. The summed E-state index contributed by atoms with van der Waals surface area (Å²) in [6.07, 6.45) is 5.05. The van der Waals surface area contributed by atoms with E-state index >= 15 is 0 Å². The van der Waals surface area contributed by atoms with Crippen LogP contribution in [0.2, 0.25) is 10.0 Å². The molecule has 3 aromatic heterocycles. The maximum absolute atomic E-state index is 12.7. The normalized spacial score (nSPS) is 12.1. The Morgan fingerprint density at radius 2 is 1.89 bits per heavy atom. The molecule has 2 aromatic carbocycles. The maximum atomic E-state index is 12.7. The topological polar surface area (TPSA) is 81.9 Å². The number of para-hydroxylation sites is 1. The van der Waals surface area contributed by atoms with Gasteiger partial charge in [0.2, 0.25) is 0 Å². The predicted molar refractivity (Wildman–Crippen MR) is 147 cm³/mol. The smallest absolute Gasteiger partial charge is 0.146 e. The summed E-state index contributed by atoms with van der Waals surface area (Å²) in [5, 5.41) is 6.33. The van der Waals surface area contributed by atoms with Crippen molar-refractivity contribution >= 4 is 45.1 Å². The molecule has 0 aliphatic rings. The van der Waals surface area contributed by atoms with Crippen LogP contribution in [0.4, 0.5) is 0 Å². The second-order valence-electron chi connectivity index (χ2n) is 8.40. The van der Waals surface area contributed by atoms with Crippen molar-refractivity contribution in [1.82, 2.24) is 24.5 Å². The van der Waals surface area contributed by atoms with Gasteiger partial charge in [-0.15, -0.1) is 0 Å². The Balaban J connectivity index is 1.40. The fourth-order valence-electron chi connectivity index (χ4n) is 4.07. The summed E-state index contributed by atoms with van der Waals surface area (Å²) in [6.45, 7) is 2.45. The van der Waals surface area contributed by atoms with E-state index in [4.69, 9.17) is 32.9 Å². The molecular weight excluding hydrogens is 529 g/mol. The minimum absolute atomic E-state index is 0.196. The fraction of sp³-hybridized carbons (Fsp3) is 0.148. The number of hydrogen-bond donors (Lipinski definition) is 1. The van der Waals surface area contributed by atoms with Crippen LogP contribution in [0.1, 0.15) is 16.8 Å². The lowest BCUT2D eigenvalue weighted by atomic mass is 10.0. The number of aryl methyl sites for hydroxylation is 2. The largest absolute Gasteiger partial charge is 0.487 e. The molecule has 0 bridgehead atoms. The third kappa shape index (κ3) is 5.52. The van der Waals surface area contributed by atoms with Gasteiger partial charge in [0.15, 0.2) is 0 Å². The third-order valence-corrected chi connectivity index (χ3v) is 7.60. The van der Waals surface area contributed by atoms with Crippen molar-refractivity contribution in [3.63, 3.8) is 0 Å². The van der Waals surface area contributed by atoms with Crippen LogP contribution >= 0.6 is 23.2 Å². The van der Waals surface area contributed by atoms with Gasteiger partial charge in [0.25, 0.3) is 0 Å². The van der Waals surface area contributed by atoms with E-state index in [1.807, 2.05) is 49.0 Å². The second-order valence-corrected chi connectivity index (χ2v) is 10.5. The Kier molecular flexibility index (Phi) is 7.53. The van der Waals surface area contributed by atoms with Gasteiger partial charge >= 0.3 is 0 Å². The Morgan fingerprint density at radius 1 is 1.08 bits per heavy atom. The van der Waals surface area contributed by atoms with Crippen LogP contribution in [0.15, 0.2) is 78.1 Å². The quantitative estimate of drug-likeness (QED) is 0.254. The summed E-state index contributed by atoms with van der Waals surface area (Å²) in [4.78, 5) is 9.60. The molecule has 0 fully saturated rings. The highest BCUT2D eigenvalue weighted by atomic mass is 35.5. The van der Waals surface area contributed by atoms with E-state index in [1.165, 1.54) is 0 Å². The van der Waals surface area contributed by atoms with Crippen molar-refractivity contribution in [3.8, 4) is 17.0 Å². The van der Waals surface area contributed by atoms with Crippen molar-refractivity contribution < 1.29 is 8.95 Å². The van der Waals surface area contributed by atoms with Gasteiger partial charge in [0, 0.05) is 59.4 Å². The molecule has 188 valence electrons. The number of ether oxygens (including phenoxy) is 1. The summed E-state index contributed by atoms with van der Waals surface area (Å²) in [5.41, 5.74) is 5.20. The molecule has 0 aliphatic carbocycles. The summed E-state index contributed by atoms with van der Waals surface area (Å²) >= 11 is 12.4. The van der Waals surface area contributed by atoms with E-state index in [0.29, 0.717) is 27.2 Å². The zero-order valence-corrected chi connectivity index (χ0v) is 22.4. The van der Waals surface area contributed by atoms with Crippen molar-refractivity contribution in [3.05, 3.63) is 100 Å². The SMILES string of the molecule is Cc1cc(-c2ccnn2C)c2cccc(OCc3c(Cl)cncc3CNS(=O)c3ccc(Cl)cc3)c2n1. The average Bonchev–Trinajstić information content (AvgIpc) is 3.32. The van der Waals surface area contributed by atoms with E-state index in [0.717, 1.165) is 39.0 Å². The molecule has 0 radical (unpaired) electrons. The minimum atomic E-state index is -1.43.